The molecule has 1 unspecified atom stereocenters. The highest BCUT2D eigenvalue weighted by molar-refractivity contribution is 8.77. The number of carboxylic acid groups (broad SMARTS) is 2. The number of carboxylic acids is 2. The molecule has 6 heteroatoms. The van der Waals surface area contributed by atoms with E-state index in [0.29, 0.717) is 12.8 Å². The lowest BCUT2D eigenvalue weighted by atomic mass is 10.1. The first kappa shape index (κ1) is 30.9. The van der Waals surface area contributed by atoms with E-state index in [2.05, 4.69) is 43.4 Å². The second-order valence-electron chi connectivity index (χ2n) is 7.99. The Kier molecular flexibility index (Phi) is 23.6. The van der Waals surface area contributed by atoms with Crippen LogP contribution >= 0.6 is 21.6 Å². The van der Waals surface area contributed by atoms with Crippen LogP contribution in [0.4, 0.5) is 0 Å². The Hall–Kier alpha value is -1.14. The zero-order chi connectivity index (χ0) is 23.7. The second-order valence-corrected chi connectivity index (χ2v) is 10.8. The van der Waals surface area contributed by atoms with Gasteiger partial charge in [0.25, 0.3) is 0 Å². The van der Waals surface area contributed by atoms with Crippen molar-refractivity contribution in [3.05, 3.63) is 36.5 Å². The molecule has 1 aliphatic rings. The van der Waals surface area contributed by atoms with Crippen LogP contribution in [0.15, 0.2) is 36.5 Å². The van der Waals surface area contributed by atoms with Crippen molar-refractivity contribution in [1.82, 2.24) is 0 Å². The van der Waals surface area contributed by atoms with Gasteiger partial charge in [0.1, 0.15) is 0 Å². The molecule has 1 rings (SSSR count). The SMILES string of the molecule is CCCCC/C=C\C/C=C\C/C=C\CCCCC(=O)O.O=C(O)CCCCC1CCSS1. The third-order valence-electron chi connectivity index (χ3n) is 4.92. The minimum atomic E-state index is -0.695. The fourth-order valence-corrected chi connectivity index (χ4v) is 6.07. The molecule has 1 aliphatic heterocycles. The predicted molar refractivity (Wildman–Crippen MR) is 141 cm³/mol. The number of hydrogen-bond donors (Lipinski definition) is 2. The van der Waals surface area contributed by atoms with Crippen molar-refractivity contribution < 1.29 is 19.8 Å². The average Bonchev–Trinajstić information content (AvgIpc) is 3.28. The van der Waals surface area contributed by atoms with Gasteiger partial charge in [-0.3, -0.25) is 9.59 Å². The fraction of sp³-hybridized carbons (Fsp3) is 0.692. The predicted octanol–water partition coefficient (Wildman–Crippen LogP) is 8.45. The third kappa shape index (κ3) is 25.1. The molecule has 0 bridgehead atoms. The van der Waals surface area contributed by atoms with Gasteiger partial charge in [-0.1, -0.05) is 84.2 Å². The van der Waals surface area contributed by atoms with Gasteiger partial charge in [0, 0.05) is 23.8 Å². The van der Waals surface area contributed by atoms with Gasteiger partial charge in [-0.15, -0.1) is 0 Å². The van der Waals surface area contributed by atoms with Gasteiger partial charge < -0.3 is 10.2 Å². The van der Waals surface area contributed by atoms with Gasteiger partial charge in [0.2, 0.25) is 0 Å². The Balaban J connectivity index is 0.000000677. The van der Waals surface area contributed by atoms with Gasteiger partial charge in [-0.25, -0.2) is 0 Å². The molecular formula is C26H44O4S2. The molecule has 0 radical (unpaired) electrons. The van der Waals surface area contributed by atoms with Crippen LogP contribution in [-0.4, -0.2) is 33.2 Å². The Bertz CT molecular complexity index is 538. The molecule has 32 heavy (non-hydrogen) atoms. The zero-order valence-electron chi connectivity index (χ0n) is 19.9. The number of allylic oxidation sites excluding steroid dienone is 6. The Morgan fingerprint density at radius 3 is 1.81 bits per heavy atom. The van der Waals surface area contributed by atoms with Crippen molar-refractivity contribution >= 4 is 33.5 Å². The molecule has 0 aliphatic carbocycles. The summed E-state index contributed by atoms with van der Waals surface area (Å²) in [5, 5.41) is 17.7. The summed E-state index contributed by atoms with van der Waals surface area (Å²) in [5.41, 5.74) is 0. The summed E-state index contributed by atoms with van der Waals surface area (Å²) in [6.07, 6.45) is 28.1. The van der Waals surface area contributed by atoms with E-state index in [0.717, 1.165) is 50.2 Å². The normalized spacial score (nSPS) is 16.1. The van der Waals surface area contributed by atoms with E-state index < -0.39 is 11.9 Å². The fourth-order valence-electron chi connectivity index (χ4n) is 3.04. The highest BCUT2D eigenvalue weighted by atomic mass is 33.1. The van der Waals surface area contributed by atoms with Crippen LogP contribution in [0, 0.1) is 0 Å². The minimum Gasteiger partial charge on any atom is -0.481 e. The molecule has 0 spiro atoms. The van der Waals surface area contributed by atoms with Gasteiger partial charge >= 0.3 is 11.9 Å². The van der Waals surface area contributed by atoms with Gasteiger partial charge in [0.15, 0.2) is 0 Å². The van der Waals surface area contributed by atoms with Gasteiger partial charge in [-0.05, 0) is 64.2 Å². The maximum absolute atomic E-state index is 10.3. The van der Waals surface area contributed by atoms with Crippen LogP contribution < -0.4 is 0 Å². The molecule has 4 nitrogen and oxygen atoms in total. The standard InChI is InChI=1S/C18H30O2.C8H14O2S2/c1-2-3-4-5-6-7-8-9-10-11-12-13-14-15-16-17-18(19)20;9-8(10)4-2-1-3-7-5-6-11-12-7/h6-7,9-10,12-13H,2-5,8,11,14-17H2,1H3,(H,19,20);7H,1-6H2,(H,9,10)/b7-6-,10-9-,13-12-;. The summed E-state index contributed by atoms with van der Waals surface area (Å²) >= 11 is 0. The summed E-state index contributed by atoms with van der Waals surface area (Å²) in [4.78, 5) is 20.5. The topological polar surface area (TPSA) is 74.6 Å². The van der Waals surface area contributed by atoms with Crippen LogP contribution in [0.25, 0.3) is 0 Å². The smallest absolute Gasteiger partial charge is 0.303 e. The number of hydrogen-bond acceptors (Lipinski definition) is 4. The summed E-state index contributed by atoms with van der Waals surface area (Å²) in [5.74, 6) is -0.0861. The number of unbranched alkanes of at least 4 members (excludes halogenated alkanes) is 6. The third-order valence-corrected chi connectivity index (χ3v) is 7.93. The van der Waals surface area contributed by atoms with Crippen molar-refractivity contribution in [2.75, 3.05) is 5.75 Å². The van der Waals surface area contributed by atoms with Crippen LogP contribution in [-0.2, 0) is 9.59 Å². The molecule has 184 valence electrons. The largest absolute Gasteiger partial charge is 0.481 e. The summed E-state index contributed by atoms with van der Waals surface area (Å²) in [6.45, 7) is 2.23. The van der Waals surface area contributed by atoms with Crippen LogP contribution in [0.1, 0.15) is 103 Å². The zero-order valence-corrected chi connectivity index (χ0v) is 21.5. The van der Waals surface area contributed by atoms with Crippen molar-refractivity contribution in [1.29, 1.82) is 0 Å². The molecule has 0 aromatic heterocycles. The summed E-state index contributed by atoms with van der Waals surface area (Å²) in [6, 6.07) is 0. The highest BCUT2D eigenvalue weighted by Crippen LogP contribution is 2.39. The second kappa shape index (κ2) is 24.5. The molecule has 1 heterocycles. The number of rotatable bonds is 18. The van der Waals surface area contributed by atoms with E-state index in [-0.39, 0.29) is 0 Å². The maximum atomic E-state index is 10.3. The van der Waals surface area contributed by atoms with Crippen molar-refractivity contribution in [3.63, 3.8) is 0 Å². The lowest BCUT2D eigenvalue weighted by Gasteiger charge is -2.04. The summed E-state index contributed by atoms with van der Waals surface area (Å²) < 4.78 is 0. The Labute approximate surface area is 203 Å². The molecule has 0 amide bonds. The molecule has 1 saturated heterocycles. The maximum Gasteiger partial charge on any atom is 0.303 e. The van der Waals surface area contributed by atoms with E-state index in [1.54, 1.807) is 0 Å². The highest BCUT2D eigenvalue weighted by Gasteiger charge is 2.15. The lowest BCUT2D eigenvalue weighted by Crippen LogP contribution is -1.99. The first-order valence-electron chi connectivity index (χ1n) is 12.2. The quantitative estimate of drug-likeness (QED) is 0.115. The molecule has 1 fully saturated rings. The molecule has 0 aromatic carbocycles. The van der Waals surface area contributed by atoms with Crippen LogP contribution in [0.5, 0.6) is 0 Å². The molecular weight excluding hydrogens is 440 g/mol. The number of carbonyl (C=O) groups is 2. The van der Waals surface area contributed by atoms with Gasteiger partial charge in [-0.2, -0.15) is 0 Å². The van der Waals surface area contributed by atoms with Crippen molar-refractivity contribution in [2.24, 2.45) is 0 Å². The molecule has 2 N–H and O–H groups in total. The molecule has 0 saturated carbocycles. The van der Waals surface area contributed by atoms with E-state index in [1.165, 1.54) is 44.3 Å². The van der Waals surface area contributed by atoms with E-state index in [1.807, 2.05) is 21.6 Å². The molecule has 1 atom stereocenters. The van der Waals surface area contributed by atoms with E-state index >= 15 is 0 Å². The summed E-state index contributed by atoms with van der Waals surface area (Å²) in [7, 11) is 3.92. The minimum absolute atomic E-state index is 0.290. The van der Waals surface area contributed by atoms with E-state index in [4.69, 9.17) is 10.2 Å². The van der Waals surface area contributed by atoms with Crippen LogP contribution in [0.2, 0.25) is 0 Å². The molecule has 0 aromatic rings. The first-order valence-corrected chi connectivity index (χ1v) is 14.6. The Morgan fingerprint density at radius 1 is 0.781 bits per heavy atom. The van der Waals surface area contributed by atoms with Crippen LogP contribution in [0.3, 0.4) is 0 Å². The first-order chi connectivity index (χ1) is 15.6. The number of aliphatic carboxylic acids is 2. The Morgan fingerprint density at radius 2 is 1.31 bits per heavy atom. The van der Waals surface area contributed by atoms with Gasteiger partial charge in [0.05, 0.1) is 0 Å². The average molecular weight is 485 g/mol. The van der Waals surface area contributed by atoms with Crippen molar-refractivity contribution in [2.45, 2.75) is 108 Å². The lowest BCUT2D eigenvalue weighted by molar-refractivity contribution is -0.138. The van der Waals surface area contributed by atoms with Crippen molar-refractivity contribution in [3.8, 4) is 0 Å². The van der Waals surface area contributed by atoms with E-state index in [9.17, 15) is 9.59 Å². The monoisotopic (exact) mass is 484 g/mol.